The van der Waals surface area contributed by atoms with Crippen LogP contribution >= 0.6 is 0 Å². The average Bonchev–Trinajstić information content (AvgIpc) is 2.51. The second kappa shape index (κ2) is 18.7. The Balaban J connectivity index is -0.000000259. The van der Waals surface area contributed by atoms with Crippen molar-refractivity contribution in [2.24, 2.45) is 0 Å². The Bertz CT molecular complexity index is 549. The van der Waals surface area contributed by atoms with Gasteiger partial charge in [0.2, 0.25) is 0 Å². The number of hydrogen-bond acceptors (Lipinski definition) is 0. The van der Waals surface area contributed by atoms with E-state index in [9.17, 15) is 13.2 Å². The molecule has 6 heteroatoms. The van der Waals surface area contributed by atoms with Crippen LogP contribution in [0.1, 0.15) is 0 Å². The van der Waals surface area contributed by atoms with E-state index in [4.69, 9.17) is 0 Å². The van der Waals surface area contributed by atoms with E-state index in [1.807, 2.05) is 0 Å². The van der Waals surface area contributed by atoms with Gasteiger partial charge in [0, 0.05) is 43.7 Å². The molecule has 0 spiro atoms. The molecule has 0 saturated carbocycles. The monoisotopic (exact) mass is 564 g/mol. The van der Waals surface area contributed by atoms with Gasteiger partial charge in [-0.25, -0.2) is 13.2 Å². The Morgan fingerprint density at radius 1 is 0.500 bits per heavy atom. The molecular weight excluding hydrogens is 555 g/mol. The quantitative estimate of drug-likeness (QED) is 0.259. The van der Waals surface area contributed by atoms with Crippen molar-refractivity contribution >= 4 is 24.4 Å². The van der Waals surface area contributed by atoms with Crippen LogP contribution in [-0.2, 0) is 0 Å². The second-order valence-electron chi connectivity index (χ2n) is 3.65. The molecule has 0 aliphatic heterocycles. The van der Waals surface area contributed by atoms with Crippen molar-refractivity contribution in [2.75, 3.05) is 0 Å². The molecule has 0 amide bonds. The molecule has 3 aliphatic carbocycles. The summed E-state index contributed by atoms with van der Waals surface area (Å²) in [5.74, 6) is -0.628. The molecule has 24 heavy (non-hydrogen) atoms. The fraction of sp³-hybridized carbons (Fsp3) is 0. The van der Waals surface area contributed by atoms with Gasteiger partial charge in [-0.3, -0.25) is 0 Å². The van der Waals surface area contributed by atoms with Crippen LogP contribution in [0.2, 0.25) is 0 Å². The molecule has 0 unspecified atom stereocenters. The standard InChI is InChI=1S/3C6H4F.2BrH.Sb/c3*7-6-4-2-1-3-5-6;;;/h3*2-5H;2*1H;/p-2. The molecule has 0 aromatic carbocycles. The second-order valence-corrected chi connectivity index (χ2v) is 3.65. The SMILES string of the molecule is FC1=CC=C=C[CH]1.FC1=CC=C=C[CH]1.FC1=CC=C=C[CH]1.[Br-].[Br-].[Sb]. The number of rotatable bonds is 0. The molecule has 3 rings (SSSR count). The number of allylic oxidation sites excluding steroid dienone is 9. The molecular formula is C18H12Br2F3Sb-2. The van der Waals surface area contributed by atoms with Crippen molar-refractivity contribution in [3.63, 3.8) is 0 Å². The van der Waals surface area contributed by atoms with Gasteiger partial charge in [-0.15, -0.1) is 17.2 Å². The van der Waals surface area contributed by atoms with Gasteiger partial charge in [0.05, 0.1) is 0 Å². The Labute approximate surface area is 179 Å². The Kier molecular flexibility index (Phi) is 21.9. The van der Waals surface area contributed by atoms with Crippen LogP contribution in [0.25, 0.3) is 0 Å². The van der Waals surface area contributed by atoms with Crippen molar-refractivity contribution in [1.82, 2.24) is 0 Å². The topological polar surface area (TPSA) is 0 Å². The Morgan fingerprint density at radius 3 is 0.833 bits per heavy atom. The molecule has 0 bridgehead atoms. The van der Waals surface area contributed by atoms with E-state index in [0.29, 0.717) is 0 Å². The van der Waals surface area contributed by atoms with Gasteiger partial charge in [0.15, 0.2) is 0 Å². The minimum absolute atomic E-state index is 0. The molecule has 0 aromatic heterocycles. The van der Waals surface area contributed by atoms with Crippen LogP contribution in [0.3, 0.4) is 0 Å². The van der Waals surface area contributed by atoms with Gasteiger partial charge in [-0.1, -0.05) is 0 Å². The molecule has 0 atom stereocenters. The van der Waals surface area contributed by atoms with E-state index in [-0.39, 0.29) is 75.9 Å². The minimum atomic E-state index is -0.209. The summed E-state index contributed by atoms with van der Waals surface area (Å²) in [6.07, 6.45) is 17.4. The maximum Gasteiger partial charge on any atom is 0.109 e. The summed E-state index contributed by atoms with van der Waals surface area (Å²) in [5, 5.41) is 0. The molecule has 0 aromatic rings. The summed E-state index contributed by atoms with van der Waals surface area (Å²) in [5.41, 5.74) is 8.08. The van der Waals surface area contributed by atoms with Crippen LogP contribution < -0.4 is 34.0 Å². The molecule has 0 saturated heterocycles. The first-order valence-electron chi connectivity index (χ1n) is 6.03. The third kappa shape index (κ3) is 16.2. The summed E-state index contributed by atoms with van der Waals surface area (Å²) < 4.78 is 35.7. The summed E-state index contributed by atoms with van der Waals surface area (Å²) in [7, 11) is 0. The maximum absolute atomic E-state index is 11.9. The van der Waals surface area contributed by atoms with E-state index in [2.05, 4.69) is 17.2 Å². The van der Waals surface area contributed by atoms with Crippen molar-refractivity contribution in [1.29, 1.82) is 0 Å². The molecule has 126 valence electrons. The van der Waals surface area contributed by atoms with Crippen LogP contribution in [0.5, 0.6) is 0 Å². The van der Waals surface area contributed by atoms with Crippen molar-refractivity contribution in [3.05, 3.63) is 109 Å². The van der Waals surface area contributed by atoms with Crippen LogP contribution in [0.15, 0.2) is 89.4 Å². The van der Waals surface area contributed by atoms with Crippen LogP contribution in [0.4, 0.5) is 13.2 Å². The van der Waals surface area contributed by atoms with Crippen molar-refractivity contribution in [3.8, 4) is 0 Å². The first-order chi connectivity index (χ1) is 10.2. The molecule has 3 aliphatic rings. The third-order valence-electron chi connectivity index (χ3n) is 2.03. The van der Waals surface area contributed by atoms with Crippen LogP contribution in [0, 0.1) is 19.3 Å². The molecule has 0 heterocycles. The molecule has 0 fully saturated rings. The van der Waals surface area contributed by atoms with Crippen molar-refractivity contribution < 1.29 is 47.1 Å². The third-order valence-corrected chi connectivity index (χ3v) is 2.03. The van der Waals surface area contributed by atoms with E-state index in [0.717, 1.165) is 0 Å². The van der Waals surface area contributed by atoms with E-state index in [1.54, 1.807) is 0 Å². The largest absolute Gasteiger partial charge is 1.00 e. The fourth-order valence-corrected chi connectivity index (χ4v) is 1.10. The average molecular weight is 567 g/mol. The predicted molar refractivity (Wildman–Crippen MR) is 84.2 cm³/mol. The summed E-state index contributed by atoms with van der Waals surface area (Å²) in [6.45, 7) is 0. The van der Waals surface area contributed by atoms with Gasteiger partial charge >= 0.3 is 0 Å². The zero-order valence-corrected chi connectivity index (χ0v) is 18.0. The van der Waals surface area contributed by atoms with Gasteiger partial charge < -0.3 is 34.0 Å². The molecule has 6 radical (unpaired) electrons. The zero-order chi connectivity index (χ0) is 15.3. The summed E-state index contributed by atoms with van der Waals surface area (Å²) >= 11 is 0. The van der Waals surface area contributed by atoms with Crippen molar-refractivity contribution in [2.45, 2.75) is 0 Å². The maximum atomic E-state index is 11.9. The van der Waals surface area contributed by atoms with E-state index < -0.39 is 0 Å². The number of hydrogen-bond donors (Lipinski definition) is 0. The molecule has 0 nitrogen and oxygen atoms in total. The molecule has 0 N–H and O–H groups in total. The summed E-state index contributed by atoms with van der Waals surface area (Å²) in [4.78, 5) is 0. The normalized spacial score (nSPS) is 14.9. The van der Waals surface area contributed by atoms with Crippen LogP contribution in [-0.4, -0.2) is 24.4 Å². The van der Waals surface area contributed by atoms with Gasteiger partial charge in [-0.05, 0) is 54.7 Å². The van der Waals surface area contributed by atoms with Gasteiger partial charge in [-0.2, -0.15) is 0 Å². The smallest absolute Gasteiger partial charge is 0.109 e. The summed E-state index contributed by atoms with van der Waals surface area (Å²) in [6, 6.07) is 0. The van der Waals surface area contributed by atoms with Gasteiger partial charge in [0.1, 0.15) is 17.5 Å². The van der Waals surface area contributed by atoms with E-state index >= 15 is 0 Å². The first-order valence-corrected chi connectivity index (χ1v) is 6.03. The van der Waals surface area contributed by atoms with E-state index in [1.165, 1.54) is 73.9 Å². The minimum Gasteiger partial charge on any atom is -1.00 e. The first kappa shape index (κ1) is 28.2. The number of halogens is 5. The van der Waals surface area contributed by atoms with Gasteiger partial charge in [0.25, 0.3) is 0 Å². The fourth-order valence-electron chi connectivity index (χ4n) is 1.10. The Hall–Kier alpha value is -0.652. The predicted octanol–water partition coefficient (Wildman–Crippen LogP) is -1.07. The Morgan fingerprint density at radius 2 is 0.750 bits per heavy atom. The zero-order valence-electron chi connectivity index (χ0n) is 12.3.